The van der Waals surface area contributed by atoms with E-state index in [-0.39, 0.29) is 17.3 Å². The number of ether oxygens (including phenoxy) is 2. The lowest BCUT2D eigenvalue weighted by atomic mass is 9.93. The summed E-state index contributed by atoms with van der Waals surface area (Å²) < 4.78 is 13.3. The van der Waals surface area contributed by atoms with Crippen molar-refractivity contribution in [3.05, 3.63) is 31.3 Å². The topological polar surface area (TPSA) is 104 Å². The van der Waals surface area contributed by atoms with Crippen molar-refractivity contribution in [3.8, 4) is 0 Å². The highest BCUT2D eigenvalue weighted by atomic mass is 32.1. The molecule has 10 heteroatoms. The Morgan fingerprint density at radius 1 is 1.33 bits per heavy atom. The number of amides is 1. The number of hydrazone groups is 1. The lowest BCUT2D eigenvalue weighted by Gasteiger charge is -2.27. The average Bonchev–Trinajstić information content (AvgIpc) is 2.92. The summed E-state index contributed by atoms with van der Waals surface area (Å²) in [6.07, 6.45) is 3.50. The molecule has 0 radical (unpaired) electrons. The van der Waals surface area contributed by atoms with E-state index in [9.17, 15) is 14.4 Å². The summed E-state index contributed by atoms with van der Waals surface area (Å²) in [5, 5.41) is 4.47. The molecule has 30 heavy (non-hydrogen) atoms. The predicted octanol–water partition coefficient (Wildman–Crippen LogP) is 2.76. The molecule has 1 amide bonds. The second-order valence-corrected chi connectivity index (χ2v) is 9.36. The van der Waals surface area contributed by atoms with Gasteiger partial charge in [-0.05, 0) is 52.5 Å². The number of methoxy groups -OCH3 is 1. The quantitative estimate of drug-likeness (QED) is 0.554. The van der Waals surface area contributed by atoms with Crippen LogP contribution in [0.25, 0.3) is 10.2 Å². The van der Waals surface area contributed by atoms with Gasteiger partial charge in [0.25, 0.3) is 5.56 Å². The van der Waals surface area contributed by atoms with Gasteiger partial charge in [-0.3, -0.25) is 13.9 Å². The molecule has 0 spiro atoms. The molecule has 0 aromatic carbocycles. The molecule has 0 saturated heterocycles. The van der Waals surface area contributed by atoms with Crippen LogP contribution in [-0.4, -0.2) is 40.8 Å². The van der Waals surface area contributed by atoms with E-state index in [2.05, 4.69) is 10.5 Å². The highest BCUT2D eigenvalue weighted by molar-refractivity contribution is 7.20. The minimum absolute atomic E-state index is 0.0477. The van der Waals surface area contributed by atoms with Gasteiger partial charge >= 0.3 is 11.8 Å². The molecule has 9 nitrogen and oxygen atoms in total. The van der Waals surface area contributed by atoms with Crippen LogP contribution in [0.15, 0.2) is 14.7 Å². The first kappa shape index (κ1) is 22.2. The van der Waals surface area contributed by atoms with Crippen molar-refractivity contribution in [1.29, 1.82) is 0 Å². The molecule has 0 unspecified atom stereocenters. The summed E-state index contributed by atoms with van der Waals surface area (Å²) in [5.41, 5.74) is 1.87. The third-order valence-corrected chi connectivity index (χ3v) is 6.22. The average molecular weight is 437 g/mol. The third-order valence-electron chi connectivity index (χ3n) is 4.98. The Bertz CT molecular complexity index is 1090. The number of thiophene rings is 1. The molecule has 1 N–H and O–H groups in total. The van der Waals surface area contributed by atoms with Crippen LogP contribution in [-0.2, 0) is 16.0 Å². The molecule has 0 atom stereocenters. The third kappa shape index (κ3) is 4.49. The lowest BCUT2D eigenvalue weighted by molar-refractivity contribution is 0.0529. The van der Waals surface area contributed by atoms with Crippen molar-refractivity contribution >= 4 is 33.9 Å². The Labute approximate surface area is 178 Å². The van der Waals surface area contributed by atoms with E-state index in [1.165, 1.54) is 22.1 Å². The van der Waals surface area contributed by atoms with Gasteiger partial charge in [-0.15, -0.1) is 11.3 Å². The molecule has 0 bridgehead atoms. The molecule has 1 saturated carbocycles. The molecule has 0 aliphatic heterocycles. The van der Waals surface area contributed by atoms with Gasteiger partial charge in [0.15, 0.2) is 0 Å². The maximum Gasteiger partial charge on any atom is 0.428 e. The van der Waals surface area contributed by atoms with E-state index in [0.29, 0.717) is 28.2 Å². The van der Waals surface area contributed by atoms with Gasteiger partial charge in [-0.1, -0.05) is 0 Å². The van der Waals surface area contributed by atoms with E-state index in [4.69, 9.17) is 9.47 Å². The van der Waals surface area contributed by atoms with E-state index >= 15 is 0 Å². The Morgan fingerprint density at radius 3 is 2.60 bits per heavy atom. The smallest absolute Gasteiger partial charge is 0.428 e. The van der Waals surface area contributed by atoms with Crippen molar-refractivity contribution in [1.82, 2.24) is 14.6 Å². The number of carbonyl (C=O) groups is 1. The summed E-state index contributed by atoms with van der Waals surface area (Å²) in [4.78, 5) is 39.3. The number of hydrogen-bond donors (Lipinski definition) is 1. The van der Waals surface area contributed by atoms with Crippen LogP contribution in [0, 0.1) is 6.92 Å². The number of fused-ring (bicyclic) bond motifs is 1. The number of carbonyl (C=O) groups excluding carboxylic acids is 1. The molecule has 1 aliphatic carbocycles. The fourth-order valence-corrected chi connectivity index (χ4v) is 4.49. The molecule has 1 fully saturated rings. The highest BCUT2D eigenvalue weighted by Gasteiger charge is 2.27. The van der Waals surface area contributed by atoms with Crippen LogP contribution in [0.3, 0.4) is 0 Å². The fourth-order valence-electron chi connectivity index (χ4n) is 3.30. The Hall–Kier alpha value is -2.46. The molecular weight excluding hydrogens is 408 g/mol. The molecule has 2 aromatic heterocycles. The minimum Gasteiger partial charge on any atom is -0.443 e. The van der Waals surface area contributed by atoms with Crippen LogP contribution in [0.4, 0.5) is 4.79 Å². The predicted molar refractivity (Wildman–Crippen MR) is 117 cm³/mol. The standard InChI is InChI=1S/C20H28N4O5S/c1-12-14(11-21-22-18(26)29-20(2,3)4)30-17-15(12)16(25)24(13-7-6-8-13)19(27)23(17)9-10-28-5/h11,13H,6-10H2,1-5H3,(H,22,26)/b21-11+. The van der Waals surface area contributed by atoms with E-state index in [1.54, 1.807) is 32.4 Å². The Balaban J connectivity index is 2.02. The van der Waals surface area contributed by atoms with E-state index in [0.717, 1.165) is 24.8 Å². The summed E-state index contributed by atoms with van der Waals surface area (Å²) in [6, 6.07) is -0.0477. The largest absolute Gasteiger partial charge is 0.443 e. The number of nitrogens with one attached hydrogen (secondary N) is 1. The van der Waals surface area contributed by atoms with Gasteiger partial charge in [0.2, 0.25) is 0 Å². The number of aromatic nitrogens is 2. The number of rotatable bonds is 6. The SMILES string of the molecule is COCCn1c(=O)n(C2CCC2)c(=O)c2c(C)c(/C=N/NC(=O)OC(C)(C)C)sc21. The number of hydrogen-bond acceptors (Lipinski definition) is 7. The summed E-state index contributed by atoms with van der Waals surface area (Å²) in [7, 11) is 1.57. The van der Waals surface area contributed by atoms with Crippen LogP contribution in [0.5, 0.6) is 0 Å². The van der Waals surface area contributed by atoms with Gasteiger partial charge in [0.05, 0.1) is 29.6 Å². The molecule has 2 aromatic rings. The van der Waals surface area contributed by atoms with Crippen molar-refractivity contribution in [3.63, 3.8) is 0 Å². The first-order valence-electron chi connectivity index (χ1n) is 9.93. The molecule has 1 aliphatic rings. The van der Waals surface area contributed by atoms with Crippen molar-refractivity contribution in [2.45, 2.75) is 65.1 Å². The van der Waals surface area contributed by atoms with Crippen LogP contribution >= 0.6 is 11.3 Å². The zero-order valence-electron chi connectivity index (χ0n) is 18.0. The van der Waals surface area contributed by atoms with Crippen molar-refractivity contribution in [2.75, 3.05) is 13.7 Å². The van der Waals surface area contributed by atoms with Gasteiger partial charge in [-0.2, -0.15) is 5.10 Å². The van der Waals surface area contributed by atoms with Crippen molar-refractivity contribution in [2.24, 2.45) is 5.10 Å². The van der Waals surface area contributed by atoms with Gasteiger partial charge in [-0.25, -0.2) is 15.0 Å². The van der Waals surface area contributed by atoms with E-state index in [1.807, 2.05) is 6.92 Å². The first-order chi connectivity index (χ1) is 14.1. The fraction of sp³-hybridized carbons (Fsp3) is 0.600. The zero-order valence-corrected chi connectivity index (χ0v) is 18.8. The molecule has 3 rings (SSSR count). The summed E-state index contributed by atoms with van der Waals surface area (Å²) >= 11 is 1.29. The normalized spacial score (nSPS) is 15.0. The minimum atomic E-state index is -0.665. The Morgan fingerprint density at radius 2 is 2.03 bits per heavy atom. The number of nitrogens with zero attached hydrogens (tertiary/aromatic N) is 3. The summed E-state index contributed by atoms with van der Waals surface area (Å²) in [5.74, 6) is 0. The maximum atomic E-state index is 13.2. The summed E-state index contributed by atoms with van der Waals surface area (Å²) in [6.45, 7) is 7.83. The molecular formula is C20H28N4O5S. The lowest BCUT2D eigenvalue weighted by Crippen LogP contribution is -2.44. The zero-order chi connectivity index (χ0) is 22.1. The maximum absolute atomic E-state index is 13.2. The van der Waals surface area contributed by atoms with Crippen LogP contribution in [0.2, 0.25) is 0 Å². The van der Waals surface area contributed by atoms with Gasteiger partial charge in [0, 0.05) is 13.2 Å². The molecule has 164 valence electrons. The van der Waals surface area contributed by atoms with Crippen molar-refractivity contribution < 1.29 is 14.3 Å². The first-order valence-corrected chi connectivity index (χ1v) is 10.7. The van der Waals surface area contributed by atoms with E-state index < -0.39 is 11.7 Å². The monoisotopic (exact) mass is 436 g/mol. The number of aryl methyl sites for hydroxylation is 1. The van der Waals surface area contributed by atoms with Gasteiger partial charge in [0.1, 0.15) is 10.4 Å². The van der Waals surface area contributed by atoms with Crippen LogP contribution < -0.4 is 16.7 Å². The second-order valence-electron chi connectivity index (χ2n) is 8.33. The van der Waals surface area contributed by atoms with Crippen LogP contribution in [0.1, 0.15) is 56.5 Å². The van der Waals surface area contributed by atoms with Gasteiger partial charge < -0.3 is 9.47 Å². The second kappa shape index (κ2) is 8.73. The Kier molecular flexibility index (Phi) is 6.47. The molecule has 2 heterocycles. The highest BCUT2D eigenvalue weighted by Crippen LogP contribution is 2.31.